The summed E-state index contributed by atoms with van der Waals surface area (Å²) in [6.07, 6.45) is 4.12. The molecule has 0 aromatic heterocycles. The lowest BCUT2D eigenvalue weighted by atomic mass is 9.92. The smallest absolute Gasteiger partial charge is 0.231 e. The summed E-state index contributed by atoms with van der Waals surface area (Å²) in [6, 6.07) is 6.21. The lowest BCUT2D eigenvalue weighted by Gasteiger charge is -2.28. The summed E-state index contributed by atoms with van der Waals surface area (Å²) in [6.45, 7) is 1.08. The van der Waals surface area contributed by atoms with Crippen LogP contribution in [0.3, 0.4) is 0 Å². The third-order valence-corrected chi connectivity index (χ3v) is 3.73. The molecule has 2 unspecified atom stereocenters. The van der Waals surface area contributed by atoms with Crippen LogP contribution in [0, 0.1) is 0 Å². The number of fused-ring (bicyclic) bond motifs is 1. The minimum absolute atomic E-state index is 0.201. The number of hydrogen-bond donors (Lipinski definition) is 2. The molecule has 18 heavy (non-hydrogen) atoms. The first-order valence-electron chi connectivity index (χ1n) is 6.63. The van der Waals surface area contributed by atoms with Gasteiger partial charge < -0.3 is 19.9 Å². The third-order valence-electron chi connectivity index (χ3n) is 3.73. The Labute approximate surface area is 107 Å². The summed E-state index contributed by atoms with van der Waals surface area (Å²) >= 11 is 0. The molecule has 1 fully saturated rings. The normalized spacial score (nSPS) is 26.3. The Hall–Kier alpha value is -1.26. The first-order chi connectivity index (χ1) is 8.83. The van der Waals surface area contributed by atoms with Crippen LogP contribution in [0.4, 0.5) is 0 Å². The molecule has 98 valence electrons. The van der Waals surface area contributed by atoms with Crippen molar-refractivity contribution in [3.63, 3.8) is 0 Å². The second-order valence-corrected chi connectivity index (χ2v) is 5.03. The monoisotopic (exact) mass is 249 g/mol. The highest BCUT2D eigenvalue weighted by Gasteiger charge is 2.22. The SMILES string of the molecule is OC1CCCCC1NCc1ccc2c(c1)OCO2. The molecule has 4 nitrogen and oxygen atoms in total. The maximum absolute atomic E-state index is 9.89. The molecule has 4 heteroatoms. The number of nitrogens with one attached hydrogen (secondary N) is 1. The van der Waals surface area contributed by atoms with Crippen LogP contribution in [-0.2, 0) is 6.54 Å². The number of aliphatic hydroxyl groups excluding tert-OH is 1. The first-order valence-corrected chi connectivity index (χ1v) is 6.63. The Kier molecular flexibility index (Phi) is 3.39. The van der Waals surface area contributed by atoms with E-state index in [-0.39, 0.29) is 12.1 Å². The van der Waals surface area contributed by atoms with Crippen LogP contribution in [0.25, 0.3) is 0 Å². The van der Waals surface area contributed by atoms with Gasteiger partial charge in [-0.2, -0.15) is 0 Å². The van der Waals surface area contributed by atoms with E-state index in [2.05, 4.69) is 5.32 Å². The molecule has 1 aromatic carbocycles. The Balaban J connectivity index is 1.59. The van der Waals surface area contributed by atoms with Gasteiger partial charge in [-0.1, -0.05) is 18.9 Å². The number of rotatable bonds is 3. The predicted octanol–water partition coefficient (Wildman–Crippen LogP) is 1.81. The first kappa shape index (κ1) is 11.8. The zero-order chi connectivity index (χ0) is 12.4. The lowest BCUT2D eigenvalue weighted by molar-refractivity contribution is 0.0902. The highest BCUT2D eigenvalue weighted by Crippen LogP contribution is 2.32. The molecule has 3 rings (SSSR count). The minimum Gasteiger partial charge on any atom is -0.454 e. The molecule has 0 radical (unpaired) electrons. The van der Waals surface area contributed by atoms with Gasteiger partial charge in [-0.05, 0) is 30.5 Å². The van der Waals surface area contributed by atoms with Crippen molar-refractivity contribution in [2.24, 2.45) is 0 Å². The quantitative estimate of drug-likeness (QED) is 0.857. The number of benzene rings is 1. The fraction of sp³-hybridized carbons (Fsp3) is 0.571. The zero-order valence-corrected chi connectivity index (χ0v) is 10.4. The minimum atomic E-state index is -0.201. The summed E-state index contributed by atoms with van der Waals surface area (Å²) in [4.78, 5) is 0. The fourth-order valence-corrected chi connectivity index (χ4v) is 2.65. The van der Waals surface area contributed by atoms with E-state index in [4.69, 9.17) is 9.47 Å². The van der Waals surface area contributed by atoms with Gasteiger partial charge >= 0.3 is 0 Å². The van der Waals surface area contributed by atoms with E-state index in [1.54, 1.807) is 0 Å². The molecule has 0 bridgehead atoms. The van der Waals surface area contributed by atoms with E-state index in [1.807, 2.05) is 18.2 Å². The lowest BCUT2D eigenvalue weighted by Crippen LogP contribution is -2.41. The molecule has 1 saturated carbocycles. The van der Waals surface area contributed by atoms with Crippen LogP contribution in [0.1, 0.15) is 31.2 Å². The molecule has 2 N–H and O–H groups in total. The van der Waals surface area contributed by atoms with Gasteiger partial charge in [0, 0.05) is 12.6 Å². The zero-order valence-electron chi connectivity index (χ0n) is 10.4. The van der Waals surface area contributed by atoms with Crippen molar-refractivity contribution in [1.29, 1.82) is 0 Å². The third kappa shape index (κ3) is 2.44. The Morgan fingerprint density at radius 3 is 2.89 bits per heavy atom. The average molecular weight is 249 g/mol. The molecule has 1 aromatic rings. The number of hydrogen-bond acceptors (Lipinski definition) is 4. The van der Waals surface area contributed by atoms with Gasteiger partial charge in [0.15, 0.2) is 11.5 Å². The van der Waals surface area contributed by atoms with Gasteiger partial charge in [0.25, 0.3) is 0 Å². The highest BCUT2D eigenvalue weighted by molar-refractivity contribution is 5.44. The molecule has 2 aliphatic rings. The van der Waals surface area contributed by atoms with E-state index in [1.165, 1.54) is 6.42 Å². The fourth-order valence-electron chi connectivity index (χ4n) is 2.65. The van der Waals surface area contributed by atoms with E-state index in [0.29, 0.717) is 6.79 Å². The van der Waals surface area contributed by atoms with Crippen molar-refractivity contribution in [2.45, 2.75) is 44.4 Å². The van der Waals surface area contributed by atoms with Crippen LogP contribution in [0.15, 0.2) is 18.2 Å². The maximum atomic E-state index is 9.89. The van der Waals surface area contributed by atoms with Crippen LogP contribution >= 0.6 is 0 Å². The number of ether oxygens (including phenoxy) is 2. The van der Waals surface area contributed by atoms with Crippen LogP contribution in [-0.4, -0.2) is 24.0 Å². The van der Waals surface area contributed by atoms with Gasteiger partial charge in [-0.15, -0.1) is 0 Å². The Morgan fingerprint density at radius 1 is 1.17 bits per heavy atom. The largest absolute Gasteiger partial charge is 0.454 e. The summed E-state index contributed by atoms with van der Waals surface area (Å²) in [5, 5.41) is 13.3. The van der Waals surface area contributed by atoms with Crippen LogP contribution in [0.5, 0.6) is 11.5 Å². The second-order valence-electron chi connectivity index (χ2n) is 5.03. The topological polar surface area (TPSA) is 50.7 Å². The van der Waals surface area contributed by atoms with E-state index < -0.39 is 0 Å². The molecule has 0 saturated heterocycles. The van der Waals surface area contributed by atoms with Crippen LogP contribution < -0.4 is 14.8 Å². The van der Waals surface area contributed by atoms with E-state index in [0.717, 1.165) is 42.9 Å². The molecule has 1 heterocycles. The van der Waals surface area contributed by atoms with Gasteiger partial charge in [0.05, 0.1) is 6.10 Å². The molecular weight excluding hydrogens is 230 g/mol. The number of aliphatic hydroxyl groups is 1. The summed E-state index contributed by atoms with van der Waals surface area (Å²) in [7, 11) is 0. The predicted molar refractivity (Wildman–Crippen MR) is 67.7 cm³/mol. The van der Waals surface area contributed by atoms with Crippen LogP contribution in [0.2, 0.25) is 0 Å². The molecule has 1 aliphatic carbocycles. The molecule has 0 amide bonds. The van der Waals surface area contributed by atoms with Crippen molar-refractivity contribution < 1.29 is 14.6 Å². The van der Waals surface area contributed by atoms with E-state index >= 15 is 0 Å². The summed E-state index contributed by atoms with van der Waals surface area (Å²) in [5.41, 5.74) is 1.16. The summed E-state index contributed by atoms with van der Waals surface area (Å²) < 4.78 is 10.6. The Morgan fingerprint density at radius 2 is 2.00 bits per heavy atom. The standard InChI is InChI=1S/C14H19NO3/c16-12-4-2-1-3-11(12)15-8-10-5-6-13-14(7-10)18-9-17-13/h5-7,11-12,15-16H,1-4,8-9H2. The van der Waals surface area contributed by atoms with Gasteiger partial charge in [0.2, 0.25) is 6.79 Å². The maximum Gasteiger partial charge on any atom is 0.231 e. The summed E-state index contributed by atoms with van der Waals surface area (Å²) in [5.74, 6) is 1.63. The second kappa shape index (κ2) is 5.16. The molecule has 0 spiro atoms. The van der Waals surface area contributed by atoms with Crippen molar-refractivity contribution in [1.82, 2.24) is 5.32 Å². The Bertz CT molecular complexity index is 422. The molecular formula is C14H19NO3. The van der Waals surface area contributed by atoms with Crippen molar-refractivity contribution >= 4 is 0 Å². The van der Waals surface area contributed by atoms with Crippen molar-refractivity contribution in [3.8, 4) is 11.5 Å². The molecule has 2 atom stereocenters. The van der Waals surface area contributed by atoms with E-state index in [9.17, 15) is 5.11 Å². The van der Waals surface area contributed by atoms with Gasteiger partial charge in [-0.3, -0.25) is 0 Å². The van der Waals surface area contributed by atoms with Crippen molar-refractivity contribution in [2.75, 3.05) is 6.79 Å². The van der Waals surface area contributed by atoms with Gasteiger partial charge in [-0.25, -0.2) is 0 Å². The van der Waals surface area contributed by atoms with Crippen molar-refractivity contribution in [3.05, 3.63) is 23.8 Å². The highest BCUT2D eigenvalue weighted by atomic mass is 16.7. The molecule has 1 aliphatic heterocycles. The average Bonchev–Trinajstić information content (AvgIpc) is 2.85. The van der Waals surface area contributed by atoms with Gasteiger partial charge in [0.1, 0.15) is 0 Å².